The van der Waals surface area contributed by atoms with Gasteiger partial charge in [0.15, 0.2) is 6.61 Å². The van der Waals surface area contributed by atoms with Crippen LogP contribution in [-0.4, -0.2) is 46.1 Å². The van der Waals surface area contributed by atoms with Gasteiger partial charge in [-0.05, 0) is 31.0 Å². The molecule has 2 aromatic carbocycles. The van der Waals surface area contributed by atoms with E-state index in [9.17, 15) is 0 Å². The molecule has 1 aliphatic heterocycles. The minimum atomic E-state index is 0.377. The van der Waals surface area contributed by atoms with Gasteiger partial charge in [0.1, 0.15) is 29.6 Å². The smallest absolute Gasteiger partial charge is 0.151 e. The van der Waals surface area contributed by atoms with Crippen LogP contribution in [0.15, 0.2) is 65.9 Å². The highest BCUT2D eigenvalue weighted by Crippen LogP contribution is 2.21. The number of nitrogens with zero attached hydrogens (tertiary/aromatic N) is 3. The molecular weight excluding hydrogens is 408 g/mol. The second kappa shape index (κ2) is 10.5. The summed E-state index contributed by atoms with van der Waals surface area (Å²) in [6.45, 7) is 3.80. The Labute approximate surface area is 187 Å². The molecule has 1 fully saturated rings. The zero-order valence-electron chi connectivity index (χ0n) is 18.0. The predicted octanol–water partition coefficient (Wildman–Crippen LogP) is 4.11. The van der Waals surface area contributed by atoms with Gasteiger partial charge in [-0.25, -0.2) is 4.98 Å². The van der Waals surface area contributed by atoms with Gasteiger partial charge in [0, 0.05) is 36.5 Å². The van der Waals surface area contributed by atoms with E-state index < -0.39 is 0 Å². The van der Waals surface area contributed by atoms with Crippen molar-refractivity contribution in [1.29, 1.82) is 0 Å². The van der Waals surface area contributed by atoms with Gasteiger partial charge in [-0.3, -0.25) is 0 Å². The average molecular weight is 437 g/mol. The number of ether oxygens (including phenoxy) is 1. The summed E-state index contributed by atoms with van der Waals surface area (Å²) < 4.78 is 7.77. The molecule has 0 radical (unpaired) electrons. The minimum absolute atomic E-state index is 0.377. The lowest BCUT2D eigenvalue weighted by Crippen LogP contribution is -2.14. The Hall–Kier alpha value is -2.77. The molecule has 0 amide bonds. The molecule has 0 saturated carbocycles. The van der Waals surface area contributed by atoms with Crippen molar-refractivity contribution in [3.8, 4) is 17.1 Å². The number of oxime groups is 1. The molecule has 2 heterocycles. The first-order chi connectivity index (χ1) is 15.2. The lowest BCUT2D eigenvalue weighted by molar-refractivity contribution is 0.107. The van der Waals surface area contributed by atoms with E-state index in [0.717, 1.165) is 47.4 Å². The van der Waals surface area contributed by atoms with Crippen molar-refractivity contribution >= 4 is 17.5 Å². The van der Waals surface area contributed by atoms with E-state index in [1.54, 1.807) is 0 Å². The normalized spacial score (nSPS) is 16.5. The zero-order valence-corrected chi connectivity index (χ0v) is 18.8. The maximum absolute atomic E-state index is 5.77. The highest BCUT2D eigenvalue weighted by Gasteiger charge is 2.15. The summed E-state index contributed by atoms with van der Waals surface area (Å²) in [5.41, 5.74) is 3.95. The van der Waals surface area contributed by atoms with Crippen molar-refractivity contribution in [2.75, 3.05) is 25.6 Å². The van der Waals surface area contributed by atoms with E-state index >= 15 is 0 Å². The van der Waals surface area contributed by atoms with E-state index in [1.807, 2.05) is 79.0 Å². The van der Waals surface area contributed by atoms with Crippen LogP contribution in [0, 0.1) is 0 Å². The van der Waals surface area contributed by atoms with E-state index in [2.05, 4.69) is 27.6 Å². The quantitative estimate of drug-likeness (QED) is 0.311. The van der Waals surface area contributed by atoms with Gasteiger partial charge in [0.2, 0.25) is 0 Å². The molecule has 6 nitrogen and oxygen atoms in total. The second-order valence-electron chi connectivity index (χ2n) is 7.52. The van der Waals surface area contributed by atoms with E-state index in [-0.39, 0.29) is 0 Å². The molecule has 7 heteroatoms. The number of aryl methyl sites for hydroxylation is 1. The number of hydrogen-bond donors (Lipinski definition) is 1. The van der Waals surface area contributed by atoms with Crippen LogP contribution in [0.5, 0.6) is 5.75 Å². The fraction of sp³-hybridized carbons (Fsp3) is 0.333. The van der Waals surface area contributed by atoms with E-state index in [0.29, 0.717) is 18.5 Å². The van der Waals surface area contributed by atoms with Crippen LogP contribution >= 0.6 is 11.8 Å². The lowest BCUT2D eigenvalue weighted by atomic mass is 10.1. The van der Waals surface area contributed by atoms with Crippen LogP contribution in [0.3, 0.4) is 0 Å². The summed E-state index contributed by atoms with van der Waals surface area (Å²) in [6, 6.07) is 18.4. The van der Waals surface area contributed by atoms with Crippen molar-refractivity contribution in [3.63, 3.8) is 0 Å². The summed E-state index contributed by atoms with van der Waals surface area (Å²) in [5.74, 6) is 2.81. The largest absolute Gasteiger partial charge is 0.490 e. The Morgan fingerprint density at radius 3 is 2.71 bits per heavy atom. The van der Waals surface area contributed by atoms with Crippen LogP contribution in [0.2, 0.25) is 0 Å². The Balaban J connectivity index is 1.23. The van der Waals surface area contributed by atoms with Crippen molar-refractivity contribution in [2.24, 2.45) is 12.2 Å². The monoisotopic (exact) mass is 436 g/mol. The fourth-order valence-corrected chi connectivity index (χ4v) is 4.47. The van der Waals surface area contributed by atoms with Crippen molar-refractivity contribution in [1.82, 2.24) is 14.9 Å². The van der Waals surface area contributed by atoms with Crippen LogP contribution in [0.1, 0.15) is 18.2 Å². The number of nitrogens with one attached hydrogen (secondary N) is 1. The van der Waals surface area contributed by atoms with Gasteiger partial charge >= 0.3 is 0 Å². The first-order valence-corrected chi connectivity index (χ1v) is 11.5. The van der Waals surface area contributed by atoms with Crippen LogP contribution in [0.4, 0.5) is 0 Å². The topological polar surface area (TPSA) is 60.7 Å². The second-order valence-corrected chi connectivity index (χ2v) is 8.81. The summed E-state index contributed by atoms with van der Waals surface area (Å²) >= 11 is 1.99. The van der Waals surface area contributed by atoms with E-state index in [4.69, 9.17) is 9.57 Å². The first kappa shape index (κ1) is 21.5. The average Bonchev–Trinajstić information content (AvgIpc) is 3.45. The lowest BCUT2D eigenvalue weighted by Gasteiger charge is -2.09. The molecule has 0 bridgehead atoms. The summed E-state index contributed by atoms with van der Waals surface area (Å²) in [7, 11) is 1.98. The maximum Gasteiger partial charge on any atom is 0.151 e. The van der Waals surface area contributed by atoms with Crippen molar-refractivity contribution < 1.29 is 9.57 Å². The first-order valence-electron chi connectivity index (χ1n) is 10.5. The molecule has 1 aliphatic rings. The van der Waals surface area contributed by atoms with Crippen molar-refractivity contribution in [3.05, 3.63) is 72.1 Å². The molecule has 4 rings (SSSR count). The Kier molecular flexibility index (Phi) is 7.27. The van der Waals surface area contributed by atoms with E-state index in [1.165, 1.54) is 5.56 Å². The van der Waals surface area contributed by atoms with Crippen LogP contribution in [-0.2, 0) is 18.3 Å². The zero-order chi connectivity index (χ0) is 21.5. The highest BCUT2D eigenvalue weighted by atomic mass is 32.2. The Morgan fingerprint density at radius 2 is 1.97 bits per heavy atom. The summed E-state index contributed by atoms with van der Waals surface area (Å²) in [4.78, 5) is 10.1. The van der Waals surface area contributed by atoms with Gasteiger partial charge in [-0.2, -0.15) is 0 Å². The SMILES string of the molecule is CC(=NOCCOc1ccc(CC2CNCS2)cc1)c1cn(C)c(-c2ccccc2)n1. The third-order valence-corrected chi connectivity index (χ3v) is 6.28. The summed E-state index contributed by atoms with van der Waals surface area (Å²) in [6.07, 6.45) is 3.05. The Bertz CT molecular complexity index is 996. The minimum Gasteiger partial charge on any atom is -0.490 e. The van der Waals surface area contributed by atoms with Gasteiger partial charge in [-0.1, -0.05) is 47.6 Å². The maximum atomic E-state index is 5.77. The molecule has 31 heavy (non-hydrogen) atoms. The molecule has 1 unspecified atom stereocenters. The molecule has 0 spiro atoms. The third-order valence-electron chi connectivity index (χ3n) is 5.10. The third kappa shape index (κ3) is 5.89. The predicted molar refractivity (Wildman–Crippen MR) is 127 cm³/mol. The van der Waals surface area contributed by atoms with Crippen molar-refractivity contribution in [2.45, 2.75) is 18.6 Å². The number of benzene rings is 2. The highest BCUT2D eigenvalue weighted by molar-refractivity contribution is 8.00. The van der Waals surface area contributed by atoms with Gasteiger partial charge in [0.05, 0.1) is 0 Å². The number of thioether (sulfide) groups is 1. The fourth-order valence-electron chi connectivity index (χ4n) is 3.45. The van der Waals surface area contributed by atoms with Crippen LogP contribution in [0.25, 0.3) is 11.4 Å². The Morgan fingerprint density at radius 1 is 1.16 bits per heavy atom. The number of imidazole rings is 1. The van der Waals surface area contributed by atoms with Gasteiger partial charge < -0.3 is 19.5 Å². The number of hydrogen-bond acceptors (Lipinski definition) is 6. The molecule has 162 valence electrons. The molecule has 3 aromatic rings. The molecule has 1 N–H and O–H groups in total. The summed E-state index contributed by atoms with van der Waals surface area (Å²) in [5, 5.41) is 8.25. The molecular formula is C24H28N4O2S. The number of aromatic nitrogens is 2. The molecule has 1 saturated heterocycles. The van der Waals surface area contributed by atoms with Crippen LogP contribution < -0.4 is 10.1 Å². The standard InChI is InChI=1S/C24H28N4O2S/c1-18(23-16-28(2)24(26-23)20-6-4-3-5-7-20)27-30-13-12-29-21-10-8-19(9-11-21)14-22-15-25-17-31-22/h3-11,16,22,25H,12-15,17H2,1-2H3. The van der Waals surface area contributed by atoms with Gasteiger partial charge in [-0.15, -0.1) is 11.8 Å². The molecule has 0 aliphatic carbocycles. The molecule has 1 aromatic heterocycles. The number of rotatable bonds is 9. The molecule has 1 atom stereocenters. The van der Waals surface area contributed by atoms with Gasteiger partial charge in [0.25, 0.3) is 0 Å².